The van der Waals surface area contributed by atoms with Gasteiger partial charge in [0.25, 0.3) is 0 Å². The lowest BCUT2D eigenvalue weighted by Gasteiger charge is -2.27. The summed E-state index contributed by atoms with van der Waals surface area (Å²) in [6.45, 7) is 2.65. The molecule has 0 saturated carbocycles. The molecule has 1 aromatic carbocycles. The number of imidazole rings is 1. The summed E-state index contributed by atoms with van der Waals surface area (Å²) in [6.07, 6.45) is -2.71. The molecule has 3 aromatic heterocycles. The van der Waals surface area contributed by atoms with Crippen molar-refractivity contribution in [2.24, 2.45) is 0 Å². The fraction of sp³-hybridized carbons (Fsp3) is 0.286. The third-order valence-corrected chi connectivity index (χ3v) is 5.85. The van der Waals surface area contributed by atoms with Crippen molar-refractivity contribution >= 4 is 34.3 Å². The van der Waals surface area contributed by atoms with E-state index < -0.39 is 11.7 Å². The molecule has 0 atom stereocenters. The van der Waals surface area contributed by atoms with Gasteiger partial charge < -0.3 is 15.0 Å². The fourth-order valence-electron chi connectivity index (χ4n) is 3.54. The fourth-order valence-corrected chi connectivity index (χ4v) is 4.17. The van der Waals surface area contributed by atoms with Gasteiger partial charge in [0, 0.05) is 25.0 Å². The second-order valence-electron chi connectivity index (χ2n) is 7.29. The number of aromatic nitrogens is 4. The molecule has 1 N–H and O–H groups in total. The summed E-state index contributed by atoms with van der Waals surface area (Å²) >= 11 is 1.57. The Bertz CT molecular complexity index is 1220. The van der Waals surface area contributed by atoms with Crippen molar-refractivity contribution in [3.8, 4) is 5.69 Å². The number of thiophene rings is 1. The first-order chi connectivity index (χ1) is 15.5. The zero-order valence-corrected chi connectivity index (χ0v) is 17.7. The van der Waals surface area contributed by atoms with Gasteiger partial charge in [-0.3, -0.25) is 4.57 Å². The Morgan fingerprint density at radius 2 is 1.97 bits per heavy atom. The number of morpholine rings is 1. The Labute approximate surface area is 185 Å². The molecule has 1 aliphatic rings. The average Bonchev–Trinajstić information content (AvgIpc) is 3.47. The highest BCUT2D eigenvalue weighted by atomic mass is 32.1. The van der Waals surface area contributed by atoms with Crippen LogP contribution in [0.15, 0.2) is 47.4 Å². The van der Waals surface area contributed by atoms with E-state index in [-0.39, 0.29) is 6.54 Å². The van der Waals surface area contributed by atoms with Gasteiger partial charge in [0.1, 0.15) is 6.33 Å². The van der Waals surface area contributed by atoms with Crippen molar-refractivity contribution in [1.82, 2.24) is 19.5 Å². The molecule has 0 spiro atoms. The second kappa shape index (κ2) is 8.40. The van der Waals surface area contributed by atoms with Crippen LogP contribution in [-0.2, 0) is 17.5 Å². The van der Waals surface area contributed by atoms with Crippen LogP contribution in [0.4, 0.5) is 24.9 Å². The Kier molecular flexibility index (Phi) is 5.43. The monoisotopic (exact) mass is 460 g/mol. The number of rotatable bonds is 5. The Morgan fingerprint density at radius 3 is 2.72 bits per heavy atom. The molecular formula is C21H19F3N6OS. The molecule has 4 aromatic rings. The van der Waals surface area contributed by atoms with E-state index in [9.17, 15) is 13.2 Å². The van der Waals surface area contributed by atoms with Crippen molar-refractivity contribution in [1.29, 1.82) is 0 Å². The van der Waals surface area contributed by atoms with Crippen LogP contribution in [0.1, 0.15) is 11.1 Å². The largest absolute Gasteiger partial charge is 0.416 e. The molecule has 166 valence electrons. The maximum absolute atomic E-state index is 13.1. The van der Waals surface area contributed by atoms with Crippen molar-refractivity contribution in [3.63, 3.8) is 0 Å². The number of anilines is 2. The molecule has 7 nitrogen and oxygen atoms in total. The minimum atomic E-state index is -4.39. The maximum Gasteiger partial charge on any atom is 0.416 e. The lowest BCUT2D eigenvalue weighted by atomic mass is 10.1. The highest BCUT2D eigenvalue weighted by Gasteiger charge is 2.30. The minimum absolute atomic E-state index is 0.171. The van der Waals surface area contributed by atoms with Gasteiger partial charge in [0.2, 0.25) is 5.95 Å². The van der Waals surface area contributed by atoms with Gasteiger partial charge in [0.05, 0.1) is 24.5 Å². The van der Waals surface area contributed by atoms with E-state index in [4.69, 9.17) is 9.72 Å². The van der Waals surface area contributed by atoms with Crippen LogP contribution in [0.25, 0.3) is 16.9 Å². The number of fused-ring (bicyclic) bond motifs is 1. The van der Waals surface area contributed by atoms with Crippen LogP contribution in [-0.4, -0.2) is 45.8 Å². The van der Waals surface area contributed by atoms with Crippen molar-refractivity contribution in [2.75, 3.05) is 36.5 Å². The summed E-state index contributed by atoms with van der Waals surface area (Å²) in [5.41, 5.74) is 1.94. The summed E-state index contributed by atoms with van der Waals surface area (Å²) in [5, 5.41) is 7.13. The molecule has 1 saturated heterocycles. The lowest BCUT2D eigenvalue weighted by Crippen LogP contribution is -2.37. The topological polar surface area (TPSA) is 68.1 Å². The van der Waals surface area contributed by atoms with E-state index in [0.717, 1.165) is 17.8 Å². The normalized spacial score (nSPS) is 14.8. The van der Waals surface area contributed by atoms with Gasteiger partial charge in [-0.2, -0.15) is 34.5 Å². The van der Waals surface area contributed by atoms with Crippen LogP contribution in [0.2, 0.25) is 0 Å². The number of ether oxygens (including phenoxy) is 1. The van der Waals surface area contributed by atoms with E-state index in [1.54, 1.807) is 23.7 Å². The summed E-state index contributed by atoms with van der Waals surface area (Å²) < 4.78 is 46.5. The minimum Gasteiger partial charge on any atom is -0.378 e. The van der Waals surface area contributed by atoms with E-state index in [1.807, 2.05) is 26.3 Å². The number of nitrogens with one attached hydrogen (secondary N) is 1. The molecule has 0 amide bonds. The van der Waals surface area contributed by atoms with Gasteiger partial charge in [-0.05, 0) is 29.1 Å². The molecule has 32 heavy (non-hydrogen) atoms. The van der Waals surface area contributed by atoms with Crippen molar-refractivity contribution in [2.45, 2.75) is 12.7 Å². The molecule has 1 fully saturated rings. The average molecular weight is 460 g/mol. The molecule has 4 heterocycles. The van der Waals surface area contributed by atoms with Gasteiger partial charge in [0.15, 0.2) is 17.0 Å². The smallest absolute Gasteiger partial charge is 0.378 e. The number of hydrogen-bond donors (Lipinski definition) is 1. The maximum atomic E-state index is 13.1. The predicted molar refractivity (Wildman–Crippen MR) is 116 cm³/mol. The van der Waals surface area contributed by atoms with Crippen molar-refractivity contribution < 1.29 is 17.9 Å². The zero-order chi connectivity index (χ0) is 22.1. The van der Waals surface area contributed by atoms with Gasteiger partial charge >= 0.3 is 6.18 Å². The van der Waals surface area contributed by atoms with Crippen LogP contribution < -0.4 is 10.2 Å². The molecular weight excluding hydrogens is 441 g/mol. The molecule has 11 heteroatoms. The Morgan fingerprint density at radius 1 is 1.12 bits per heavy atom. The molecule has 0 unspecified atom stereocenters. The van der Waals surface area contributed by atoms with Crippen LogP contribution in [0, 0.1) is 0 Å². The van der Waals surface area contributed by atoms with Gasteiger partial charge in [-0.25, -0.2) is 4.98 Å². The third-order valence-electron chi connectivity index (χ3n) is 5.18. The second-order valence-corrected chi connectivity index (χ2v) is 8.07. The lowest BCUT2D eigenvalue weighted by molar-refractivity contribution is -0.137. The number of halogens is 3. The summed E-state index contributed by atoms with van der Waals surface area (Å²) in [4.78, 5) is 15.9. The Hall–Kier alpha value is -3.18. The van der Waals surface area contributed by atoms with E-state index >= 15 is 0 Å². The highest BCUT2D eigenvalue weighted by molar-refractivity contribution is 7.08. The van der Waals surface area contributed by atoms with E-state index in [1.165, 1.54) is 6.07 Å². The molecule has 0 bridgehead atoms. The van der Waals surface area contributed by atoms with E-state index in [0.29, 0.717) is 54.8 Å². The molecule has 0 aliphatic carbocycles. The number of nitrogens with zero attached hydrogens (tertiary/aromatic N) is 5. The zero-order valence-electron chi connectivity index (χ0n) is 16.8. The first-order valence-electron chi connectivity index (χ1n) is 9.99. The quantitative estimate of drug-likeness (QED) is 0.478. The first-order valence-corrected chi connectivity index (χ1v) is 10.9. The number of hydrogen-bond acceptors (Lipinski definition) is 7. The Balaban J connectivity index is 1.51. The molecule has 1 aliphatic heterocycles. The number of benzene rings is 1. The molecule has 0 radical (unpaired) electrons. The van der Waals surface area contributed by atoms with Crippen LogP contribution in [0.3, 0.4) is 0 Å². The van der Waals surface area contributed by atoms with E-state index in [2.05, 4.69) is 15.3 Å². The SMILES string of the molecule is FC(F)(F)c1cccc(CNc2nc(N3CCOCC3)nc3c2ncn3-c2ccsc2)c1. The standard InChI is InChI=1S/C21H19F3N6OS/c22-21(23,24)15-3-1-2-14(10-15)11-25-18-17-19(30(13-26-17)16-4-9-32-12-16)28-20(27-18)29-5-7-31-8-6-29/h1-4,9-10,12-13H,5-8,11H2,(H,25,27,28). The van der Waals surface area contributed by atoms with Gasteiger partial charge in [-0.1, -0.05) is 12.1 Å². The predicted octanol–water partition coefficient (Wildman–Crippen LogP) is 4.34. The van der Waals surface area contributed by atoms with Crippen molar-refractivity contribution in [3.05, 3.63) is 58.5 Å². The van der Waals surface area contributed by atoms with Crippen LogP contribution >= 0.6 is 11.3 Å². The number of alkyl halides is 3. The first kappa shape index (κ1) is 20.7. The van der Waals surface area contributed by atoms with Crippen LogP contribution in [0.5, 0.6) is 0 Å². The summed E-state index contributed by atoms with van der Waals surface area (Å²) in [5.74, 6) is 1.01. The third kappa shape index (κ3) is 4.13. The molecule has 5 rings (SSSR count). The highest BCUT2D eigenvalue weighted by Crippen LogP contribution is 2.30. The van der Waals surface area contributed by atoms with Gasteiger partial charge in [-0.15, -0.1) is 0 Å². The summed E-state index contributed by atoms with van der Waals surface area (Å²) in [7, 11) is 0. The summed E-state index contributed by atoms with van der Waals surface area (Å²) in [6, 6.07) is 7.22.